The van der Waals surface area contributed by atoms with Gasteiger partial charge in [-0.25, -0.2) is 15.0 Å². The Bertz CT molecular complexity index is 1070. The summed E-state index contributed by atoms with van der Waals surface area (Å²) in [7, 11) is 0. The minimum Gasteiger partial charge on any atom is -0.393 e. The van der Waals surface area contributed by atoms with Gasteiger partial charge in [0.25, 0.3) is 0 Å². The molecule has 0 spiro atoms. The van der Waals surface area contributed by atoms with Gasteiger partial charge in [-0.1, -0.05) is 20.3 Å². The number of anilines is 1. The fourth-order valence-electron chi connectivity index (χ4n) is 5.50. The van der Waals surface area contributed by atoms with Gasteiger partial charge in [0.15, 0.2) is 0 Å². The van der Waals surface area contributed by atoms with E-state index < -0.39 is 0 Å². The second-order valence-electron chi connectivity index (χ2n) is 9.51. The van der Waals surface area contributed by atoms with Crippen molar-refractivity contribution in [2.24, 2.45) is 11.8 Å². The third-order valence-electron chi connectivity index (χ3n) is 7.22. The highest BCUT2D eigenvalue weighted by molar-refractivity contribution is 5.88. The average molecular weight is 436 g/mol. The van der Waals surface area contributed by atoms with E-state index in [-0.39, 0.29) is 17.9 Å². The predicted octanol–water partition coefficient (Wildman–Crippen LogP) is 3.11. The third-order valence-corrected chi connectivity index (χ3v) is 7.22. The lowest BCUT2D eigenvalue weighted by molar-refractivity contribution is 0.135. The lowest BCUT2D eigenvalue weighted by atomic mass is 9.86. The third kappa shape index (κ3) is 3.86. The minimum atomic E-state index is -0.288. The van der Waals surface area contributed by atoms with Crippen LogP contribution in [0.15, 0.2) is 24.5 Å². The molecule has 2 unspecified atom stereocenters. The van der Waals surface area contributed by atoms with Crippen LogP contribution in [0.25, 0.3) is 22.3 Å². The molecule has 0 radical (unpaired) electrons. The fourth-order valence-corrected chi connectivity index (χ4v) is 5.50. The molecule has 1 aliphatic carbocycles. The van der Waals surface area contributed by atoms with Crippen LogP contribution in [0, 0.1) is 11.8 Å². The van der Waals surface area contributed by atoms with Crippen LogP contribution in [0.3, 0.4) is 0 Å². The van der Waals surface area contributed by atoms with Gasteiger partial charge in [-0.3, -0.25) is 5.10 Å². The smallest absolute Gasteiger partial charge is 0.132 e. The number of hydrogen-bond donors (Lipinski definition) is 3. The quantitative estimate of drug-likeness (QED) is 0.566. The molecule has 0 aromatic carbocycles. The average Bonchev–Trinajstić information content (AvgIpc) is 3.34. The Balaban J connectivity index is 1.45. The van der Waals surface area contributed by atoms with Crippen molar-refractivity contribution in [3.63, 3.8) is 0 Å². The van der Waals surface area contributed by atoms with Gasteiger partial charge < -0.3 is 15.3 Å². The highest BCUT2D eigenvalue weighted by atomic mass is 16.3. The Labute approximate surface area is 188 Å². The predicted molar refractivity (Wildman–Crippen MR) is 126 cm³/mol. The molecule has 1 aliphatic heterocycles. The van der Waals surface area contributed by atoms with E-state index in [1.807, 2.05) is 12.4 Å². The van der Waals surface area contributed by atoms with E-state index in [0.717, 1.165) is 72.8 Å². The molecule has 5 atom stereocenters. The highest BCUT2D eigenvalue weighted by Crippen LogP contribution is 2.45. The van der Waals surface area contributed by atoms with Gasteiger partial charge in [0.2, 0.25) is 0 Å². The standard InChI is InChI=1S/C24H33N7O/c1-4-5-16-10-19(32)15(3)21(16)24-27-12-18-23(28-24)22(30-29-18)17-6-7-20(26-11-17)31-9-8-25-14(2)13-31/h6-7,11-12,14-16,19,21,25,32H,4-5,8-10,13H2,1-3H3,(H,29,30)/t14-,15?,16-,19+,21?/m1/s1. The van der Waals surface area contributed by atoms with Crippen LogP contribution >= 0.6 is 0 Å². The number of hydrogen-bond acceptors (Lipinski definition) is 7. The fraction of sp³-hybridized carbons (Fsp3) is 0.583. The minimum absolute atomic E-state index is 0.154. The molecule has 3 aromatic rings. The van der Waals surface area contributed by atoms with Gasteiger partial charge in [-0.2, -0.15) is 5.10 Å². The van der Waals surface area contributed by atoms with E-state index >= 15 is 0 Å². The van der Waals surface area contributed by atoms with Gasteiger partial charge >= 0.3 is 0 Å². The maximum Gasteiger partial charge on any atom is 0.132 e. The molecule has 3 aromatic heterocycles. The number of aromatic amines is 1. The maximum atomic E-state index is 10.5. The molecule has 2 fully saturated rings. The molecular formula is C24H33N7O. The van der Waals surface area contributed by atoms with Crippen LogP contribution in [0.2, 0.25) is 0 Å². The van der Waals surface area contributed by atoms with Crippen molar-refractivity contribution in [1.29, 1.82) is 0 Å². The summed E-state index contributed by atoms with van der Waals surface area (Å²) >= 11 is 0. The van der Waals surface area contributed by atoms with Crippen LogP contribution < -0.4 is 10.2 Å². The number of nitrogens with one attached hydrogen (secondary N) is 2. The number of aliphatic hydroxyl groups excluding tert-OH is 1. The number of pyridine rings is 1. The number of nitrogens with zero attached hydrogens (tertiary/aromatic N) is 5. The molecule has 4 heterocycles. The van der Waals surface area contributed by atoms with Gasteiger partial charge in [0.1, 0.15) is 28.4 Å². The molecule has 0 bridgehead atoms. The van der Waals surface area contributed by atoms with Crippen molar-refractivity contribution < 1.29 is 5.11 Å². The monoisotopic (exact) mass is 435 g/mol. The first-order valence-corrected chi connectivity index (χ1v) is 11.9. The van der Waals surface area contributed by atoms with Crippen LogP contribution in [-0.2, 0) is 0 Å². The summed E-state index contributed by atoms with van der Waals surface area (Å²) in [5.41, 5.74) is 3.39. The summed E-state index contributed by atoms with van der Waals surface area (Å²) in [4.78, 5) is 16.7. The summed E-state index contributed by atoms with van der Waals surface area (Å²) in [5.74, 6) is 2.56. The van der Waals surface area contributed by atoms with Crippen molar-refractivity contribution >= 4 is 16.9 Å². The van der Waals surface area contributed by atoms with Gasteiger partial charge in [-0.05, 0) is 43.7 Å². The summed E-state index contributed by atoms with van der Waals surface area (Å²) in [6, 6.07) is 4.61. The number of aliphatic hydroxyl groups is 1. The Morgan fingerprint density at radius 2 is 2.06 bits per heavy atom. The Kier molecular flexibility index (Phi) is 5.82. The van der Waals surface area contributed by atoms with E-state index in [9.17, 15) is 5.11 Å². The number of piperazine rings is 1. The zero-order chi connectivity index (χ0) is 22.2. The summed E-state index contributed by atoms with van der Waals surface area (Å²) in [5, 5.41) is 21.6. The number of aromatic nitrogens is 5. The normalized spacial score (nSPS) is 28.5. The molecular weight excluding hydrogens is 402 g/mol. The molecule has 8 nitrogen and oxygen atoms in total. The van der Waals surface area contributed by atoms with Crippen LogP contribution in [0.1, 0.15) is 51.8 Å². The van der Waals surface area contributed by atoms with E-state index in [1.165, 1.54) is 0 Å². The maximum absolute atomic E-state index is 10.5. The molecule has 2 aliphatic rings. The lowest BCUT2D eigenvalue weighted by Gasteiger charge is -2.32. The molecule has 0 amide bonds. The van der Waals surface area contributed by atoms with Crippen molar-refractivity contribution in [1.82, 2.24) is 30.5 Å². The van der Waals surface area contributed by atoms with Crippen molar-refractivity contribution in [2.75, 3.05) is 24.5 Å². The van der Waals surface area contributed by atoms with Gasteiger partial charge in [-0.15, -0.1) is 0 Å². The zero-order valence-electron chi connectivity index (χ0n) is 19.1. The first kappa shape index (κ1) is 21.3. The number of H-pyrrole nitrogens is 1. The molecule has 3 N–H and O–H groups in total. The molecule has 32 heavy (non-hydrogen) atoms. The lowest BCUT2D eigenvalue weighted by Crippen LogP contribution is -2.49. The van der Waals surface area contributed by atoms with E-state index in [4.69, 9.17) is 9.97 Å². The Hall–Kier alpha value is -2.58. The van der Waals surface area contributed by atoms with Crippen molar-refractivity contribution in [3.05, 3.63) is 30.4 Å². The van der Waals surface area contributed by atoms with E-state index in [1.54, 1.807) is 0 Å². The van der Waals surface area contributed by atoms with Crippen molar-refractivity contribution in [2.45, 2.75) is 58.1 Å². The SMILES string of the molecule is CCC[C@@H]1C[C@H](O)C(C)C1c1ncc2[nH]nc(-c3ccc(N4CCN[C@H](C)C4)nc3)c2n1. The van der Waals surface area contributed by atoms with Crippen LogP contribution in [-0.4, -0.2) is 62.0 Å². The molecule has 5 rings (SSSR count). The molecule has 1 saturated carbocycles. The first-order valence-electron chi connectivity index (χ1n) is 11.9. The molecule has 8 heteroatoms. The second kappa shape index (κ2) is 8.75. The summed E-state index contributed by atoms with van der Waals surface area (Å²) in [6.07, 6.45) is 6.45. The number of rotatable bonds is 5. The topological polar surface area (TPSA) is 103 Å². The van der Waals surface area contributed by atoms with Gasteiger partial charge in [0, 0.05) is 43.4 Å². The zero-order valence-corrected chi connectivity index (χ0v) is 19.1. The van der Waals surface area contributed by atoms with Crippen LogP contribution in [0.4, 0.5) is 5.82 Å². The first-order chi connectivity index (χ1) is 15.5. The molecule has 170 valence electrons. The molecule has 1 saturated heterocycles. The Morgan fingerprint density at radius 1 is 1.19 bits per heavy atom. The summed E-state index contributed by atoms with van der Waals surface area (Å²) in [6.45, 7) is 9.41. The number of fused-ring (bicyclic) bond motifs is 1. The second-order valence-corrected chi connectivity index (χ2v) is 9.51. The van der Waals surface area contributed by atoms with E-state index in [2.05, 4.69) is 58.3 Å². The van der Waals surface area contributed by atoms with Gasteiger partial charge in [0.05, 0.1) is 12.3 Å². The largest absolute Gasteiger partial charge is 0.393 e. The van der Waals surface area contributed by atoms with Crippen molar-refractivity contribution in [3.8, 4) is 11.3 Å². The van der Waals surface area contributed by atoms with Crippen LogP contribution in [0.5, 0.6) is 0 Å². The summed E-state index contributed by atoms with van der Waals surface area (Å²) < 4.78 is 0. The van der Waals surface area contributed by atoms with E-state index in [0.29, 0.717) is 12.0 Å². The Morgan fingerprint density at radius 3 is 2.81 bits per heavy atom. The highest BCUT2D eigenvalue weighted by Gasteiger charge is 2.41.